The second kappa shape index (κ2) is 9.11. The van der Waals surface area contributed by atoms with Crippen molar-refractivity contribution >= 4 is 15.9 Å². The van der Waals surface area contributed by atoms with E-state index >= 15 is 0 Å². The topological polar surface area (TPSA) is 76.2 Å². The minimum Gasteiger partial charge on any atom is -0.496 e. The summed E-state index contributed by atoms with van der Waals surface area (Å²) in [6.07, 6.45) is 0. The molecule has 1 aliphatic heterocycles. The quantitative estimate of drug-likeness (QED) is 0.696. The van der Waals surface area contributed by atoms with Gasteiger partial charge in [-0.1, -0.05) is 18.2 Å². The lowest BCUT2D eigenvalue weighted by molar-refractivity contribution is 0.0727. The van der Waals surface area contributed by atoms with E-state index in [-0.39, 0.29) is 37.9 Å². The maximum absolute atomic E-state index is 14.4. The van der Waals surface area contributed by atoms with Crippen LogP contribution < -0.4 is 4.74 Å². The van der Waals surface area contributed by atoms with Crippen LogP contribution in [0, 0.1) is 5.82 Å². The highest BCUT2D eigenvalue weighted by atomic mass is 32.2. The summed E-state index contributed by atoms with van der Waals surface area (Å²) in [6.45, 7) is 2.62. The van der Waals surface area contributed by atoms with E-state index in [0.717, 1.165) is 17.7 Å². The van der Waals surface area contributed by atoms with Gasteiger partial charge in [0.2, 0.25) is 10.0 Å². The van der Waals surface area contributed by atoms with Crippen molar-refractivity contribution in [2.75, 3.05) is 40.5 Å². The van der Waals surface area contributed by atoms with Crippen LogP contribution in [0.2, 0.25) is 0 Å². The molecule has 30 heavy (non-hydrogen) atoms. The zero-order valence-corrected chi connectivity index (χ0v) is 18.0. The van der Waals surface area contributed by atoms with Crippen LogP contribution in [-0.2, 0) is 14.8 Å². The Balaban J connectivity index is 1.90. The van der Waals surface area contributed by atoms with Gasteiger partial charge in [-0.3, -0.25) is 4.79 Å². The van der Waals surface area contributed by atoms with E-state index in [4.69, 9.17) is 9.47 Å². The van der Waals surface area contributed by atoms with E-state index < -0.39 is 26.6 Å². The van der Waals surface area contributed by atoms with E-state index in [9.17, 15) is 17.6 Å². The second-order valence-corrected chi connectivity index (χ2v) is 8.90. The number of halogens is 1. The van der Waals surface area contributed by atoms with Gasteiger partial charge in [-0.2, -0.15) is 4.31 Å². The Labute approximate surface area is 176 Å². The highest BCUT2D eigenvalue weighted by molar-refractivity contribution is 7.89. The van der Waals surface area contributed by atoms with Gasteiger partial charge in [0.1, 0.15) is 16.5 Å². The number of morpholine rings is 1. The van der Waals surface area contributed by atoms with Crippen molar-refractivity contribution in [1.29, 1.82) is 0 Å². The van der Waals surface area contributed by atoms with E-state index in [1.165, 1.54) is 15.3 Å². The highest BCUT2D eigenvalue weighted by Crippen LogP contribution is 2.30. The summed E-state index contributed by atoms with van der Waals surface area (Å²) in [5.41, 5.74) is 0.895. The van der Waals surface area contributed by atoms with Crippen LogP contribution in [0.25, 0.3) is 0 Å². The van der Waals surface area contributed by atoms with Gasteiger partial charge in [0.25, 0.3) is 5.91 Å². The first-order valence-corrected chi connectivity index (χ1v) is 11.0. The lowest BCUT2D eigenvalue weighted by Gasteiger charge is -2.28. The molecule has 0 aromatic heterocycles. The average Bonchev–Trinajstić information content (AvgIpc) is 2.78. The van der Waals surface area contributed by atoms with Crippen LogP contribution in [0.4, 0.5) is 4.39 Å². The lowest BCUT2D eigenvalue weighted by Crippen LogP contribution is -2.41. The van der Waals surface area contributed by atoms with Gasteiger partial charge in [0.15, 0.2) is 0 Å². The molecule has 9 heteroatoms. The first-order valence-electron chi connectivity index (χ1n) is 9.55. The van der Waals surface area contributed by atoms with Gasteiger partial charge in [0, 0.05) is 31.3 Å². The van der Waals surface area contributed by atoms with Crippen LogP contribution in [0.15, 0.2) is 47.4 Å². The Morgan fingerprint density at radius 1 is 1.20 bits per heavy atom. The average molecular weight is 437 g/mol. The minimum atomic E-state index is -4.07. The van der Waals surface area contributed by atoms with Crippen molar-refractivity contribution in [2.45, 2.75) is 17.9 Å². The third kappa shape index (κ3) is 4.33. The van der Waals surface area contributed by atoms with Crippen LogP contribution in [0.5, 0.6) is 5.75 Å². The van der Waals surface area contributed by atoms with Crippen LogP contribution in [0.1, 0.15) is 28.9 Å². The Morgan fingerprint density at radius 3 is 2.53 bits per heavy atom. The van der Waals surface area contributed by atoms with Crippen molar-refractivity contribution in [2.24, 2.45) is 0 Å². The van der Waals surface area contributed by atoms with E-state index in [1.807, 2.05) is 25.1 Å². The zero-order valence-electron chi connectivity index (χ0n) is 17.2. The summed E-state index contributed by atoms with van der Waals surface area (Å²) >= 11 is 0. The Morgan fingerprint density at radius 2 is 1.87 bits per heavy atom. The standard InChI is InChI=1S/C21H25FN2O5S/c1-15(17-6-4-5-7-19(17)28-3)23(2)21(25)16-8-9-18(22)20(14-16)30(26,27)24-10-12-29-13-11-24/h4-9,14-15H,10-13H2,1-3H3. The molecule has 1 aliphatic rings. The summed E-state index contributed by atoms with van der Waals surface area (Å²) in [5.74, 6) is -0.676. The highest BCUT2D eigenvalue weighted by Gasteiger charge is 2.30. The molecule has 3 rings (SSSR count). The molecule has 0 radical (unpaired) electrons. The van der Waals surface area contributed by atoms with Gasteiger partial charge in [-0.05, 0) is 31.2 Å². The summed E-state index contributed by atoms with van der Waals surface area (Å²) < 4.78 is 51.9. The summed E-state index contributed by atoms with van der Waals surface area (Å²) in [7, 11) is -0.908. The van der Waals surface area contributed by atoms with Gasteiger partial charge < -0.3 is 14.4 Å². The molecule has 7 nitrogen and oxygen atoms in total. The van der Waals surface area contributed by atoms with Crippen molar-refractivity contribution in [1.82, 2.24) is 9.21 Å². The molecule has 0 spiro atoms. The number of rotatable bonds is 6. The Hall–Kier alpha value is -2.49. The van der Waals surface area contributed by atoms with Gasteiger partial charge in [-0.15, -0.1) is 0 Å². The molecule has 2 aromatic rings. The van der Waals surface area contributed by atoms with Crippen molar-refractivity contribution in [3.63, 3.8) is 0 Å². The fraction of sp³-hybridized carbons (Fsp3) is 0.381. The molecule has 2 aromatic carbocycles. The molecular formula is C21H25FN2O5S. The number of sulfonamides is 1. The number of ether oxygens (including phenoxy) is 2. The van der Waals surface area contributed by atoms with E-state index in [0.29, 0.717) is 5.75 Å². The van der Waals surface area contributed by atoms with Gasteiger partial charge >= 0.3 is 0 Å². The Bertz CT molecular complexity index is 1020. The number of para-hydroxylation sites is 1. The third-order valence-corrected chi connectivity index (χ3v) is 7.17. The normalized spacial score (nSPS) is 16.1. The monoisotopic (exact) mass is 436 g/mol. The van der Waals surface area contributed by atoms with Crippen LogP contribution >= 0.6 is 0 Å². The number of carbonyl (C=O) groups excluding carboxylic acids is 1. The van der Waals surface area contributed by atoms with E-state index in [2.05, 4.69) is 0 Å². The summed E-state index contributed by atoms with van der Waals surface area (Å²) in [5, 5.41) is 0. The predicted octanol–water partition coefficient (Wildman–Crippen LogP) is 2.69. The lowest BCUT2D eigenvalue weighted by atomic mass is 10.0. The molecule has 1 atom stereocenters. The van der Waals surface area contributed by atoms with Gasteiger partial charge in [0.05, 0.1) is 26.4 Å². The second-order valence-electron chi connectivity index (χ2n) is 7.00. The third-order valence-electron chi connectivity index (χ3n) is 5.26. The summed E-state index contributed by atoms with van der Waals surface area (Å²) in [6, 6.07) is 10.4. The fourth-order valence-electron chi connectivity index (χ4n) is 3.36. The molecule has 1 fully saturated rings. The maximum atomic E-state index is 14.4. The molecule has 0 N–H and O–H groups in total. The molecule has 0 bridgehead atoms. The largest absolute Gasteiger partial charge is 0.496 e. The SMILES string of the molecule is COc1ccccc1C(C)N(C)C(=O)c1ccc(F)c(S(=O)(=O)N2CCOCC2)c1. The first-order chi connectivity index (χ1) is 14.3. The van der Waals surface area contributed by atoms with Crippen LogP contribution in [-0.4, -0.2) is 64.0 Å². The van der Waals surface area contributed by atoms with Gasteiger partial charge in [-0.25, -0.2) is 12.8 Å². The smallest absolute Gasteiger partial charge is 0.254 e. The zero-order chi connectivity index (χ0) is 21.9. The van der Waals surface area contributed by atoms with Crippen molar-refractivity contribution in [3.05, 3.63) is 59.4 Å². The van der Waals surface area contributed by atoms with Crippen LogP contribution in [0.3, 0.4) is 0 Å². The van der Waals surface area contributed by atoms with E-state index in [1.54, 1.807) is 20.2 Å². The number of carbonyl (C=O) groups is 1. The minimum absolute atomic E-state index is 0.0903. The predicted molar refractivity (Wildman–Crippen MR) is 109 cm³/mol. The summed E-state index contributed by atoms with van der Waals surface area (Å²) in [4.78, 5) is 14.0. The fourth-order valence-corrected chi connectivity index (χ4v) is 4.86. The molecule has 0 saturated carbocycles. The number of methoxy groups -OCH3 is 1. The molecule has 1 heterocycles. The number of hydrogen-bond acceptors (Lipinski definition) is 5. The Kier molecular flexibility index (Phi) is 6.74. The number of hydrogen-bond donors (Lipinski definition) is 0. The molecule has 162 valence electrons. The molecule has 1 amide bonds. The van der Waals surface area contributed by atoms with Crippen molar-refractivity contribution < 1.29 is 27.1 Å². The number of benzene rings is 2. The molecule has 1 unspecified atom stereocenters. The van der Waals surface area contributed by atoms with Crippen molar-refractivity contribution in [3.8, 4) is 5.75 Å². The number of nitrogens with zero attached hydrogens (tertiary/aromatic N) is 2. The molecular weight excluding hydrogens is 411 g/mol. The first kappa shape index (κ1) is 22.2. The number of amides is 1. The molecule has 1 saturated heterocycles. The molecule has 0 aliphatic carbocycles. The maximum Gasteiger partial charge on any atom is 0.254 e.